The van der Waals surface area contributed by atoms with Gasteiger partial charge in [-0.25, -0.2) is 0 Å². The van der Waals surface area contributed by atoms with E-state index in [1.165, 1.54) is 0 Å². The van der Waals surface area contributed by atoms with E-state index in [0.29, 0.717) is 50.9 Å². The summed E-state index contributed by atoms with van der Waals surface area (Å²) < 4.78 is 0. The molecule has 12 nitrogen and oxygen atoms in total. The topological polar surface area (TPSA) is 198 Å². The van der Waals surface area contributed by atoms with Crippen molar-refractivity contribution in [3.05, 3.63) is 0 Å². The van der Waals surface area contributed by atoms with Crippen molar-refractivity contribution >= 4 is 51.1 Å². The molecule has 1 fully saturated rings. The Hall–Kier alpha value is -2.03. The van der Waals surface area contributed by atoms with Gasteiger partial charge in [0.15, 0.2) is 0 Å². The van der Waals surface area contributed by atoms with Crippen molar-refractivity contribution in [1.82, 2.24) is 26.6 Å². The average molecular weight is 590 g/mol. The lowest BCUT2D eigenvalue weighted by atomic mass is 9.99. The molecule has 0 saturated carbocycles. The smallest absolute Gasteiger partial charge is 0.243 e. The van der Waals surface area contributed by atoms with Crippen LogP contribution in [0.1, 0.15) is 59.8 Å². The van der Waals surface area contributed by atoms with E-state index in [4.69, 9.17) is 11.5 Å². The van der Waals surface area contributed by atoms with Crippen LogP contribution >= 0.6 is 21.6 Å². The maximum absolute atomic E-state index is 13.3. The molecule has 4 atom stereocenters. The Morgan fingerprint density at radius 2 is 1.49 bits per heavy atom. The molecule has 1 saturated heterocycles. The minimum absolute atomic E-state index is 0.0628. The molecule has 39 heavy (non-hydrogen) atoms. The molecule has 1 heterocycles. The molecule has 0 radical (unpaired) electrons. The number of carbonyl (C=O) groups is 5. The molecule has 1 aliphatic heterocycles. The summed E-state index contributed by atoms with van der Waals surface area (Å²) in [6.45, 7) is 8.52. The summed E-state index contributed by atoms with van der Waals surface area (Å²) >= 11 is 0. The number of amides is 5. The molecule has 0 spiro atoms. The minimum atomic E-state index is -0.922. The maximum Gasteiger partial charge on any atom is 0.243 e. The average Bonchev–Trinajstić information content (AvgIpc) is 3.15. The second kappa shape index (κ2) is 19.1. The highest BCUT2D eigenvalue weighted by Crippen LogP contribution is 2.23. The van der Waals surface area contributed by atoms with Crippen molar-refractivity contribution < 1.29 is 24.0 Å². The van der Waals surface area contributed by atoms with E-state index in [2.05, 4.69) is 26.6 Å². The third kappa shape index (κ3) is 14.8. The van der Waals surface area contributed by atoms with Crippen LogP contribution in [0.15, 0.2) is 0 Å². The van der Waals surface area contributed by atoms with Crippen LogP contribution in [0.2, 0.25) is 0 Å². The zero-order valence-corrected chi connectivity index (χ0v) is 25.2. The molecule has 0 aromatic carbocycles. The third-order valence-corrected chi connectivity index (χ3v) is 8.35. The van der Waals surface area contributed by atoms with Gasteiger partial charge in [-0.2, -0.15) is 0 Å². The first-order valence-corrected chi connectivity index (χ1v) is 16.1. The first-order valence-electron chi connectivity index (χ1n) is 13.6. The van der Waals surface area contributed by atoms with Crippen molar-refractivity contribution in [2.24, 2.45) is 23.3 Å². The highest BCUT2D eigenvalue weighted by atomic mass is 33.1. The van der Waals surface area contributed by atoms with Gasteiger partial charge in [-0.1, -0.05) is 49.3 Å². The van der Waals surface area contributed by atoms with Gasteiger partial charge in [0.05, 0.1) is 12.6 Å². The van der Waals surface area contributed by atoms with Crippen molar-refractivity contribution in [2.45, 2.75) is 84.0 Å². The lowest BCUT2D eigenvalue weighted by Crippen LogP contribution is -2.57. The summed E-state index contributed by atoms with van der Waals surface area (Å²) in [5, 5.41) is 13.9. The molecule has 0 bridgehead atoms. The van der Waals surface area contributed by atoms with Crippen LogP contribution in [0.25, 0.3) is 0 Å². The number of nitrogens with one attached hydrogen (secondary N) is 5. The SMILES string of the molecule is CC(C)CC(NC(=O)C(CC(C)C)NC(=O)C(CCCCN)NC(=O)CNC(=O)C1CSSCCN1)C(N)=O. The third-order valence-electron chi connectivity index (χ3n) is 5.94. The Bertz CT molecular complexity index is 808. The Labute approximate surface area is 239 Å². The molecule has 0 aromatic heterocycles. The van der Waals surface area contributed by atoms with E-state index < -0.39 is 47.8 Å². The highest BCUT2D eigenvalue weighted by molar-refractivity contribution is 8.76. The van der Waals surface area contributed by atoms with E-state index in [-0.39, 0.29) is 24.3 Å². The van der Waals surface area contributed by atoms with Crippen LogP contribution in [0.3, 0.4) is 0 Å². The highest BCUT2D eigenvalue weighted by Gasteiger charge is 2.30. The molecule has 0 aliphatic carbocycles. The Balaban J connectivity index is 2.85. The van der Waals surface area contributed by atoms with E-state index in [1.807, 2.05) is 27.7 Å². The first kappa shape index (κ1) is 35.0. The van der Waals surface area contributed by atoms with E-state index >= 15 is 0 Å². The molecule has 14 heteroatoms. The van der Waals surface area contributed by atoms with Crippen molar-refractivity contribution in [3.8, 4) is 0 Å². The number of hydrogen-bond acceptors (Lipinski definition) is 9. The maximum atomic E-state index is 13.3. The van der Waals surface area contributed by atoms with Crippen LogP contribution in [-0.2, 0) is 24.0 Å². The number of primary amides is 1. The molecule has 1 rings (SSSR count). The monoisotopic (exact) mass is 589 g/mol. The van der Waals surface area contributed by atoms with Crippen molar-refractivity contribution in [3.63, 3.8) is 0 Å². The largest absolute Gasteiger partial charge is 0.368 e. The normalized spacial score (nSPS) is 18.0. The number of unbranched alkanes of at least 4 members (excludes halogenated alkanes) is 1. The zero-order valence-electron chi connectivity index (χ0n) is 23.5. The van der Waals surface area contributed by atoms with Gasteiger partial charge >= 0.3 is 0 Å². The number of hydrogen-bond donors (Lipinski definition) is 7. The molecule has 0 aromatic rings. The number of carbonyl (C=O) groups excluding carboxylic acids is 5. The predicted molar refractivity (Wildman–Crippen MR) is 157 cm³/mol. The summed E-state index contributed by atoms with van der Waals surface area (Å²) in [6, 6.07) is -3.09. The Morgan fingerprint density at radius 3 is 2.10 bits per heavy atom. The van der Waals surface area contributed by atoms with Crippen LogP contribution in [-0.4, -0.2) is 84.8 Å². The second-order valence-electron chi connectivity index (χ2n) is 10.5. The van der Waals surface area contributed by atoms with Crippen molar-refractivity contribution in [2.75, 3.05) is 31.1 Å². The quantitative estimate of drug-likeness (QED) is 0.0873. The Kier molecular flexibility index (Phi) is 17.2. The van der Waals surface area contributed by atoms with Gasteiger partial charge in [-0.05, 0) is 50.5 Å². The van der Waals surface area contributed by atoms with Crippen LogP contribution < -0.4 is 38.1 Å². The molecule has 224 valence electrons. The summed E-state index contributed by atoms with van der Waals surface area (Å²) in [4.78, 5) is 63.3. The number of nitrogens with two attached hydrogens (primary N) is 2. The summed E-state index contributed by atoms with van der Waals surface area (Å²) in [7, 11) is 3.29. The second-order valence-corrected chi connectivity index (χ2v) is 13.1. The predicted octanol–water partition coefficient (Wildman–Crippen LogP) is -0.383. The standard InChI is InChI=1S/C25H47N7O5S2/c1-15(2)11-18(22(27)34)31-25(37)19(12-16(3)4)32-24(36)17(7-5-6-8-26)30-21(33)13-29-23(35)20-14-39-38-10-9-28-20/h15-20,28H,5-14,26H2,1-4H3,(H2,27,34)(H,29,35)(H,30,33)(H,31,37)(H,32,36). The number of rotatable bonds is 17. The molecular formula is C25H47N7O5S2. The first-order chi connectivity index (χ1) is 18.4. The Morgan fingerprint density at radius 1 is 0.872 bits per heavy atom. The lowest BCUT2D eigenvalue weighted by Gasteiger charge is -2.26. The molecule has 4 unspecified atom stereocenters. The van der Waals surface area contributed by atoms with Gasteiger partial charge in [0, 0.05) is 18.1 Å². The van der Waals surface area contributed by atoms with Gasteiger partial charge in [-0.3, -0.25) is 24.0 Å². The van der Waals surface area contributed by atoms with Gasteiger partial charge < -0.3 is 38.1 Å². The fourth-order valence-corrected chi connectivity index (χ4v) is 6.06. The fourth-order valence-electron chi connectivity index (χ4n) is 3.94. The van der Waals surface area contributed by atoms with Crippen LogP contribution in [0, 0.1) is 11.8 Å². The minimum Gasteiger partial charge on any atom is -0.368 e. The summed E-state index contributed by atoms with van der Waals surface area (Å²) in [5.74, 6) is -0.783. The molecule has 5 amide bonds. The van der Waals surface area contributed by atoms with Gasteiger partial charge in [0.2, 0.25) is 29.5 Å². The van der Waals surface area contributed by atoms with Gasteiger partial charge in [0.1, 0.15) is 18.1 Å². The lowest BCUT2D eigenvalue weighted by molar-refractivity contribution is -0.134. The summed E-state index contributed by atoms with van der Waals surface area (Å²) in [6.07, 6.45) is 2.26. The fraction of sp³-hybridized carbons (Fsp3) is 0.800. The van der Waals surface area contributed by atoms with Crippen LogP contribution in [0.4, 0.5) is 0 Å². The summed E-state index contributed by atoms with van der Waals surface area (Å²) in [5.41, 5.74) is 11.1. The molecule has 1 aliphatic rings. The van der Waals surface area contributed by atoms with E-state index in [0.717, 1.165) is 5.75 Å². The van der Waals surface area contributed by atoms with Gasteiger partial charge in [-0.15, -0.1) is 0 Å². The molecular weight excluding hydrogens is 542 g/mol. The van der Waals surface area contributed by atoms with Gasteiger partial charge in [0.25, 0.3) is 0 Å². The van der Waals surface area contributed by atoms with E-state index in [1.54, 1.807) is 21.6 Å². The zero-order chi connectivity index (χ0) is 29.4. The van der Waals surface area contributed by atoms with E-state index in [9.17, 15) is 24.0 Å². The molecule has 9 N–H and O–H groups in total. The van der Waals surface area contributed by atoms with Crippen LogP contribution in [0.5, 0.6) is 0 Å². The van der Waals surface area contributed by atoms with Crippen molar-refractivity contribution in [1.29, 1.82) is 0 Å².